The molecule has 1 saturated heterocycles. The van der Waals surface area contributed by atoms with Crippen molar-refractivity contribution < 1.29 is 36.1 Å². The summed E-state index contributed by atoms with van der Waals surface area (Å²) in [6.45, 7) is 5.28. The Morgan fingerprint density at radius 3 is 2.26 bits per heavy atom. The summed E-state index contributed by atoms with van der Waals surface area (Å²) in [6, 6.07) is 18.3. The number of benzene rings is 3. The normalized spacial score (nSPS) is 20.4. The monoisotopic (exact) mass is 650 g/mol. The Balaban J connectivity index is 1.68. The van der Waals surface area contributed by atoms with E-state index < -0.39 is 25.9 Å². The van der Waals surface area contributed by atoms with E-state index in [0.717, 1.165) is 36.8 Å². The maximum absolute atomic E-state index is 15.2. The molecule has 246 valence electrons. The van der Waals surface area contributed by atoms with Crippen LogP contribution in [0.2, 0.25) is 0 Å². The molecule has 0 bridgehead atoms. The van der Waals surface area contributed by atoms with Crippen molar-refractivity contribution in [2.45, 2.75) is 62.8 Å². The Hall–Kier alpha value is -4.09. The fraction of sp³-hybridized carbons (Fsp3) is 0.429. The average Bonchev–Trinajstić information content (AvgIpc) is 3.70. The molecular formula is C35H44N3O7S+. The van der Waals surface area contributed by atoms with Crippen LogP contribution in [0.15, 0.2) is 71.6 Å². The van der Waals surface area contributed by atoms with Crippen molar-refractivity contribution in [2.24, 2.45) is 5.73 Å². The Kier molecular flexibility index (Phi) is 10.2. The number of primary amides is 1. The van der Waals surface area contributed by atoms with Crippen molar-refractivity contribution in [3.8, 4) is 17.2 Å². The minimum atomic E-state index is -4.30. The number of methoxy groups -OCH3 is 1. The molecule has 2 aliphatic heterocycles. The molecule has 1 fully saturated rings. The molecule has 5 rings (SSSR count). The fourth-order valence-electron chi connectivity index (χ4n) is 6.61. The smallest absolute Gasteiger partial charge is 0.328 e. The van der Waals surface area contributed by atoms with Crippen LogP contribution in [-0.2, 0) is 14.8 Å². The maximum Gasteiger partial charge on any atom is 0.328 e. The predicted octanol–water partition coefficient (Wildman–Crippen LogP) is 5.39. The first-order valence-electron chi connectivity index (χ1n) is 16.0. The van der Waals surface area contributed by atoms with Crippen molar-refractivity contribution in [1.29, 1.82) is 0 Å². The second-order valence-corrected chi connectivity index (χ2v) is 14.2. The Morgan fingerprint density at radius 2 is 1.61 bits per heavy atom. The molecule has 3 aromatic carbocycles. The molecule has 0 radical (unpaired) electrons. The number of fused-ring (bicyclic) bond motifs is 1. The lowest BCUT2D eigenvalue weighted by atomic mass is 9.93. The van der Waals surface area contributed by atoms with Crippen LogP contribution in [0.5, 0.6) is 17.2 Å². The van der Waals surface area contributed by atoms with Crippen molar-refractivity contribution in [3.63, 3.8) is 0 Å². The predicted molar refractivity (Wildman–Crippen MR) is 174 cm³/mol. The second kappa shape index (κ2) is 14.1. The lowest BCUT2D eigenvalue weighted by Gasteiger charge is -2.39. The lowest BCUT2D eigenvalue weighted by Crippen LogP contribution is -2.57. The van der Waals surface area contributed by atoms with Crippen LogP contribution < -0.4 is 19.9 Å². The van der Waals surface area contributed by atoms with Crippen LogP contribution in [0.4, 0.5) is 0 Å². The zero-order chi connectivity index (χ0) is 32.9. The summed E-state index contributed by atoms with van der Waals surface area (Å²) in [4.78, 5) is 28.3. The highest BCUT2D eigenvalue weighted by atomic mass is 32.2. The number of nitrogens with two attached hydrogens (primary N) is 1. The highest BCUT2D eigenvalue weighted by Gasteiger charge is 2.58. The van der Waals surface area contributed by atoms with Gasteiger partial charge < -0.3 is 24.8 Å². The summed E-state index contributed by atoms with van der Waals surface area (Å²) >= 11 is 0. The molecule has 0 unspecified atom stereocenters. The molecule has 2 amide bonds. The van der Waals surface area contributed by atoms with Crippen molar-refractivity contribution in [3.05, 3.63) is 83.4 Å². The van der Waals surface area contributed by atoms with E-state index >= 15 is 8.42 Å². The molecule has 0 saturated carbocycles. The third kappa shape index (κ3) is 6.57. The van der Waals surface area contributed by atoms with E-state index in [1.54, 1.807) is 7.11 Å². The quantitative estimate of drug-likeness (QED) is 0.232. The van der Waals surface area contributed by atoms with Crippen molar-refractivity contribution in [2.75, 3.05) is 40.1 Å². The van der Waals surface area contributed by atoms with Crippen LogP contribution in [-0.4, -0.2) is 69.1 Å². The van der Waals surface area contributed by atoms with Gasteiger partial charge in [0.05, 0.1) is 7.11 Å². The third-order valence-electron chi connectivity index (χ3n) is 9.19. The molecule has 46 heavy (non-hydrogen) atoms. The average molecular weight is 651 g/mol. The lowest BCUT2D eigenvalue weighted by molar-refractivity contribution is -0.818. The van der Waals surface area contributed by atoms with Crippen LogP contribution in [0.3, 0.4) is 0 Å². The number of rotatable bonds is 14. The number of quaternary nitrogens is 1. The standard InChI is InChI=1S/C35H43N3O7S/c1-4-6-17-37(18-7-5-2)34(39)23-38(46(41,42)30-10-8-9-27(19-30)35(36)40)22-28(26-13-16-32-33(21-26)45-24-44-32)20-31(38)25-11-14-29(43-3)15-12-25/h8-16,19,21,28,31H,4-7,17-18,20,22-24H2,1-3H3,(H-,36,40)/p+1/t28-,31-,38+/m0/s1. The third-order valence-corrected chi connectivity index (χ3v) is 11.5. The molecule has 0 aliphatic carbocycles. The topological polar surface area (TPSA) is 125 Å². The van der Waals surface area contributed by atoms with Gasteiger partial charge in [-0.15, -0.1) is 0 Å². The summed E-state index contributed by atoms with van der Waals surface area (Å²) in [7, 11) is -2.72. The van der Waals surface area contributed by atoms with E-state index in [-0.39, 0.29) is 42.2 Å². The van der Waals surface area contributed by atoms with Gasteiger partial charge in [0, 0.05) is 36.6 Å². The van der Waals surface area contributed by atoms with Gasteiger partial charge in [0.15, 0.2) is 18.0 Å². The number of nitrogens with zero attached hydrogens (tertiary/aromatic N) is 2. The highest BCUT2D eigenvalue weighted by molar-refractivity contribution is 7.86. The zero-order valence-electron chi connectivity index (χ0n) is 26.8. The van der Waals surface area contributed by atoms with E-state index in [9.17, 15) is 9.59 Å². The summed E-state index contributed by atoms with van der Waals surface area (Å²) in [6.07, 6.45) is 3.93. The maximum atomic E-state index is 15.2. The van der Waals surface area contributed by atoms with E-state index in [0.29, 0.717) is 36.8 Å². The first-order chi connectivity index (χ1) is 22.1. The molecule has 3 aromatic rings. The number of hydrogen-bond acceptors (Lipinski definition) is 7. The number of sulfonamides is 1. The van der Waals surface area contributed by atoms with Crippen LogP contribution >= 0.6 is 0 Å². The molecule has 10 nitrogen and oxygen atoms in total. The van der Waals surface area contributed by atoms with Gasteiger partial charge in [0.2, 0.25) is 12.7 Å². The number of likely N-dealkylation sites (tertiary alicyclic amines) is 1. The number of carbonyl (C=O) groups is 2. The van der Waals surface area contributed by atoms with Crippen LogP contribution in [0.1, 0.15) is 79.4 Å². The molecule has 3 atom stereocenters. The largest absolute Gasteiger partial charge is 0.497 e. The van der Waals surface area contributed by atoms with Crippen LogP contribution in [0.25, 0.3) is 0 Å². The molecular weight excluding hydrogens is 606 g/mol. The number of carbonyl (C=O) groups excluding carboxylic acids is 2. The van der Waals surface area contributed by atoms with Crippen LogP contribution in [0, 0.1) is 0 Å². The molecule has 2 N–H and O–H groups in total. The van der Waals surface area contributed by atoms with Gasteiger partial charge in [0.25, 0.3) is 5.91 Å². The van der Waals surface area contributed by atoms with Gasteiger partial charge in [-0.25, -0.2) is 0 Å². The molecule has 11 heteroatoms. The first kappa shape index (κ1) is 33.3. The van der Waals surface area contributed by atoms with Gasteiger partial charge in [-0.05, 0) is 73.0 Å². The zero-order valence-corrected chi connectivity index (χ0v) is 27.6. The molecule has 2 heterocycles. The number of ether oxygens (including phenoxy) is 3. The number of unbranched alkanes of at least 4 members (excludes halogenated alkanes) is 2. The van der Waals surface area contributed by atoms with Crippen molar-refractivity contribution in [1.82, 2.24) is 4.90 Å². The SMILES string of the molecule is CCCCN(CCCC)C(=O)C[N@+]1(S(=O)(=O)c2cccc(C(N)=O)c2)C[C@@H](c2ccc3c(c2)OCO3)C[C@H]1c1ccc(OC)cc1. The minimum absolute atomic E-state index is 0.0462. The summed E-state index contributed by atoms with van der Waals surface area (Å²) in [5.41, 5.74) is 7.35. The minimum Gasteiger partial charge on any atom is -0.497 e. The van der Waals surface area contributed by atoms with E-state index in [1.165, 1.54) is 24.3 Å². The first-order valence-corrected chi connectivity index (χ1v) is 17.4. The summed E-state index contributed by atoms with van der Waals surface area (Å²) in [5.74, 6) is 0.733. The highest BCUT2D eigenvalue weighted by Crippen LogP contribution is 2.51. The number of hydrogen-bond donors (Lipinski definition) is 1. The van der Waals surface area contributed by atoms with Gasteiger partial charge in [0.1, 0.15) is 23.2 Å². The van der Waals surface area contributed by atoms with Crippen molar-refractivity contribution >= 4 is 21.8 Å². The van der Waals surface area contributed by atoms with E-state index in [1.807, 2.05) is 47.4 Å². The molecule has 0 aromatic heterocycles. The molecule has 0 spiro atoms. The van der Waals surface area contributed by atoms with Gasteiger partial charge >= 0.3 is 10.0 Å². The Morgan fingerprint density at radius 1 is 0.935 bits per heavy atom. The Bertz CT molecular complexity index is 1650. The summed E-state index contributed by atoms with van der Waals surface area (Å²) < 4.78 is 46.4. The Labute approximate surface area is 271 Å². The van der Waals surface area contributed by atoms with Gasteiger partial charge in [-0.1, -0.05) is 38.8 Å². The fourth-order valence-corrected chi connectivity index (χ4v) is 8.76. The summed E-state index contributed by atoms with van der Waals surface area (Å²) in [5, 5.41) is 0. The number of amides is 2. The van der Waals surface area contributed by atoms with E-state index in [2.05, 4.69) is 13.8 Å². The molecule has 2 aliphatic rings. The van der Waals surface area contributed by atoms with Gasteiger partial charge in [-0.2, -0.15) is 12.3 Å². The second-order valence-electron chi connectivity index (χ2n) is 12.1. The van der Waals surface area contributed by atoms with E-state index in [4.69, 9.17) is 19.9 Å². The van der Waals surface area contributed by atoms with Gasteiger partial charge in [-0.3, -0.25) is 9.59 Å².